The van der Waals surface area contributed by atoms with E-state index in [1.54, 1.807) is 24.3 Å². The van der Waals surface area contributed by atoms with Gasteiger partial charge >= 0.3 is 0 Å². The zero-order chi connectivity index (χ0) is 11.1. The number of nitrogens with two attached hydrogens (primary N) is 1. The molecule has 1 aromatic carbocycles. The van der Waals surface area contributed by atoms with Crippen LogP contribution >= 0.6 is 0 Å². The molecule has 4 heteroatoms. The maximum absolute atomic E-state index is 8.78. The lowest BCUT2D eigenvalue weighted by atomic mass is 10.2. The van der Waals surface area contributed by atoms with Crippen molar-refractivity contribution in [1.29, 1.82) is 0 Å². The third kappa shape index (κ3) is 5.24. The number of ether oxygens (including phenoxy) is 1. The van der Waals surface area contributed by atoms with E-state index >= 15 is 0 Å². The number of benzene rings is 1. The van der Waals surface area contributed by atoms with Crippen molar-refractivity contribution in [2.75, 3.05) is 18.9 Å². The average Bonchev–Trinajstić information content (AvgIpc) is 2.25. The molecule has 1 fully saturated rings. The van der Waals surface area contributed by atoms with Crippen LogP contribution in [0.3, 0.4) is 0 Å². The SMILES string of the molecule is Nc1ccc(O)cc1.O[C@H]1CCCOC1. The molecule has 0 amide bonds. The summed E-state index contributed by atoms with van der Waals surface area (Å²) in [7, 11) is 0. The Labute approximate surface area is 89.3 Å². The van der Waals surface area contributed by atoms with Crippen LogP contribution in [0.15, 0.2) is 24.3 Å². The van der Waals surface area contributed by atoms with E-state index in [-0.39, 0.29) is 11.9 Å². The van der Waals surface area contributed by atoms with Gasteiger partial charge in [0.05, 0.1) is 12.7 Å². The van der Waals surface area contributed by atoms with Crippen LogP contribution in [0.5, 0.6) is 5.75 Å². The Morgan fingerprint density at radius 1 is 1.27 bits per heavy atom. The summed E-state index contributed by atoms with van der Waals surface area (Å²) in [6, 6.07) is 6.40. The van der Waals surface area contributed by atoms with Gasteiger partial charge in [-0.15, -0.1) is 0 Å². The first kappa shape index (κ1) is 11.8. The van der Waals surface area contributed by atoms with Gasteiger partial charge in [0.1, 0.15) is 5.75 Å². The van der Waals surface area contributed by atoms with E-state index in [1.807, 2.05) is 0 Å². The van der Waals surface area contributed by atoms with Gasteiger partial charge in [-0.3, -0.25) is 0 Å². The number of phenolic OH excluding ortho intramolecular Hbond substituents is 1. The molecule has 1 aromatic rings. The summed E-state index contributed by atoms with van der Waals surface area (Å²) in [5.74, 6) is 0.249. The van der Waals surface area contributed by atoms with Crippen LogP contribution in [-0.4, -0.2) is 29.5 Å². The summed E-state index contributed by atoms with van der Waals surface area (Å²) < 4.78 is 4.93. The Hall–Kier alpha value is -1.26. The maximum atomic E-state index is 8.78. The summed E-state index contributed by atoms with van der Waals surface area (Å²) >= 11 is 0. The first-order chi connectivity index (χ1) is 7.18. The van der Waals surface area contributed by atoms with Crippen molar-refractivity contribution in [3.63, 3.8) is 0 Å². The summed E-state index contributed by atoms with van der Waals surface area (Å²) in [5, 5.41) is 17.5. The minimum Gasteiger partial charge on any atom is -0.508 e. The number of hydrogen-bond acceptors (Lipinski definition) is 4. The quantitative estimate of drug-likeness (QED) is 0.444. The van der Waals surface area contributed by atoms with Crippen LogP contribution in [-0.2, 0) is 4.74 Å². The molecule has 4 N–H and O–H groups in total. The molecular formula is C11H17NO3. The maximum Gasteiger partial charge on any atom is 0.115 e. The fourth-order valence-corrected chi connectivity index (χ4v) is 1.20. The van der Waals surface area contributed by atoms with Crippen molar-refractivity contribution in [1.82, 2.24) is 0 Å². The van der Waals surface area contributed by atoms with E-state index in [0.29, 0.717) is 12.3 Å². The number of anilines is 1. The molecule has 1 heterocycles. The number of nitrogen functional groups attached to an aromatic ring is 1. The number of phenols is 1. The smallest absolute Gasteiger partial charge is 0.115 e. The highest BCUT2D eigenvalue weighted by atomic mass is 16.5. The van der Waals surface area contributed by atoms with Crippen LogP contribution < -0.4 is 5.73 Å². The molecule has 84 valence electrons. The van der Waals surface area contributed by atoms with Crippen molar-refractivity contribution in [3.8, 4) is 5.75 Å². The topological polar surface area (TPSA) is 75.7 Å². The second kappa shape index (κ2) is 6.27. The lowest BCUT2D eigenvalue weighted by molar-refractivity contribution is -0.00535. The van der Waals surface area contributed by atoms with Gasteiger partial charge in [-0.2, -0.15) is 0 Å². The largest absolute Gasteiger partial charge is 0.508 e. The van der Waals surface area contributed by atoms with Gasteiger partial charge in [0.15, 0.2) is 0 Å². The van der Waals surface area contributed by atoms with E-state index in [9.17, 15) is 0 Å². The summed E-state index contributed by atoms with van der Waals surface area (Å²) in [4.78, 5) is 0. The van der Waals surface area contributed by atoms with Gasteiger partial charge in [0, 0.05) is 12.3 Å². The Balaban J connectivity index is 0.000000151. The van der Waals surface area contributed by atoms with Crippen molar-refractivity contribution < 1.29 is 14.9 Å². The molecule has 0 bridgehead atoms. The molecule has 15 heavy (non-hydrogen) atoms. The molecule has 0 radical (unpaired) electrons. The summed E-state index contributed by atoms with van der Waals surface area (Å²) in [5.41, 5.74) is 5.98. The third-order valence-electron chi connectivity index (χ3n) is 2.03. The van der Waals surface area contributed by atoms with Crippen LogP contribution in [0.25, 0.3) is 0 Å². The van der Waals surface area contributed by atoms with E-state index < -0.39 is 0 Å². The Kier molecular flexibility index (Phi) is 4.93. The molecule has 0 spiro atoms. The van der Waals surface area contributed by atoms with Crippen LogP contribution in [0.4, 0.5) is 5.69 Å². The number of aliphatic hydroxyl groups is 1. The molecule has 1 aliphatic heterocycles. The zero-order valence-corrected chi connectivity index (χ0v) is 8.60. The predicted molar refractivity (Wildman–Crippen MR) is 58.6 cm³/mol. The van der Waals surface area contributed by atoms with E-state index in [4.69, 9.17) is 20.7 Å². The third-order valence-corrected chi connectivity index (χ3v) is 2.03. The van der Waals surface area contributed by atoms with Crippen LogP contribution in [0.1, 0.15) is 12.8 Å². The van der Waals surface area contributed by atoms with Gasteiger partial charge in [0.2, 0.25) is 0 Å². The lowest BCUT2D eigenvalue weighted by Gasteiger charge is -2.15. The first-order valence-corrected chi connectivity index (χ1v) is 4.99. The molecule has 1 aliphatic rings. The van der Waals surface area contributed by atoms with Gasteiger partial charge in [-0.1, -0.05) is 0 Å². The fraction of sp³-hybridized carbons (Fsp3) is 0.455. The molecule has 0 aliphatic carbocycles. The minimum atomic E-state index is -0.186. The molecular weight excluding hydrogens is 194 g/mol. The Morgan fingerprint density at radius 3 is 2.27 bits per heavy atom. The second-order valence-corrected chi connectivity index (χ2v) is 3.46. The second-order valence-electron chi connectivity index (χ2n) is 3.46. The van der Waals surface area contributed by atoms with Crippen molar-refractivity contribution in [3.05, 3.63) is 24.3 Å². The number of rotatable bonds is 0. The molecule has 4 nitrogen and oxygen atoms in total. The number of aliphatic hydroxyl groups excluding tert-OH is 1. The number of aromatic hydroxyl groups is 1. The van der Waals surface area contributed by atoms with Crippen molar-refractivity contribution in [2.24, 2.45) is 0 Å². The number of hydrogen-bond donors (Lipinski definition) is 3. The predicted octanol–water partition coefficient (Wildman–Crippen LogP) is 1.13. The Bertz CT molecular complexity index is 247. The van der Waals surface area contributed by atoms with E-state index in [2.05, 4.69) is 0 Å². The summed E-state index contributed by atoms with van der Waals surface area (Å²) in [6.45, 7) is 1.37. The normalized spacial score (nSPS) is 20.2. The lowest BCUT2D eigenvalue weighted by Crippen LogP contribution is -2.21. The monoisotopic (exact) mass is 211 g/mol. The van der Waals surface area contributed by atoms with Gasteiger partial charge in [-0.25, -0.2) is 0 Å². The van der Waals surface area contributed by atoms with E-state index in [0.717, 1.165) is 19.4 Å². The summed E-state index contributed by atoms with van der Waals surface area (Å²) in [6.07, 6.45) is 1.75. The highest BCUT2D eigenvalue weighted by Gasteiger charge is 2.07. The molecule has 1 atom stereocenters. The molecule has 1 saturated heterocycles. The van der Waals surface area contributed by atoms with Gasteiger partial charge < -0.3 is 20.7 Å². The Morgan fingerprint density at radius 2 is 1.93 bits per heavy atom. The zero-order valence-electron chi connectivity index (χ0n) is 8.60. The molecule has 0 saturated carbocycles. The highest BCUT2D eigenvalue weighted by Crippen LogP contribution is 2.09. The van der Waals surface area contributed by atoms with Crippen LogP contribution in [0, 0.1) is 0 Å². The first-order valence-electron chi connectivity index (χ1n) is 4.99. The molecule has 2 rings (SSSR count). The van der Waals surface area contributed by atoms with E-state index in [1.165, 1.54) is 0 Å². The van der Waals surface area contributed by atoms with Crippen molar-refractivity contribution >= 4 is 5.69 Å². The van der Waals surface area contributed by atoms with Gasteiger partial charge in [0.25, 0.3) is 0 Å². The van der Waals surface area contributed by atoms with Gasteiger partial charge in [-0.05, 0) is 37.1 Å². The molecule has 0 unspecified atom stereocenters. The van der Waals surface area contributed by atoms with Crippen LogP contribution in [0.2, 0.25) is 0 Å². The minimum absolute atomic E-state index is 0.186. The highest BCUT2D eigenvalue weighted by molar-refractivity contribution is 5.40. The van der Waals surface area contributed by atoms with Crippen molar-refractivity contribution in [2.45, 2.75) is 18.9 Å². The fourth-order valence-electron chi connectivity index (χ4n) is 1.20. The molecule has 0 aromatic heterocycles. The standard InChI is InChI=1S/C6H7NO.C5H10O2/c7-5-1-3-6(8)4-2-5;6-5-2-1-3-7-4-5/h1-4,8H,7H2;5-6H,1-4H2/t;5-/m.0/s1. The average molecular weight is 211 g/mol.